The summed E-state index contributed by atoms with van der Waals surface area (Å²) in [7, 11) is 0. The van der Waals surface area contributed by atoms with E-state index in [9.17, 15) is 5.11 Å². The molecular weight excluding hydrogens is 354 g/mol. The van der Waals surface area contributed by atoms with Crippen molar-refractivity contribution in [2.24, 2.45) is 0 Å². The van der Waals surface area contributed by atoms with E-state index in [4.69, 9.17) is 16.1 Å². The molecule has 1 heterocycles. The van der Waals surface area contributed by atoms with Gasteiger partial charge in [-0.3, -0.25) is 0 Å². The molecule has 0 radical (unpaired) electrons. The third-order valence-corrected chi connectivity index (χ3v) is 4.21. The quantitative estimate of drug-likeness (QED) is 0.718. The Bertz CT molecular complexity index is 722. The van der Waals surface area contributed by atoms with Crippen LogP contribution in [0, 0.1) is 0 Å². The van der Waals surface area contributed by atoms with Gasteiger partial charge < -0.3 is 9.63 Å². The Morgan fingerprint density at radius 1 is 1.05 bits per heavy atom. The first-order valence-corrected chi connectivity index (χ1v) is 7.48. The fourth-order valence-electron chi connectivity index (χ4n) is 2.18. The van der Waals surface area contributed by atoms with Gasteiger partial charge in [0.05, 0.1) is 17.2 Å². The molecule has 0 aliphatic carbocycles. The molecule has 1 N–H and O–H groups in total. The largest absolute Gasteiger partial charge is 0.391 e. The van der Waals surface area contributed by atoms with E-state index in [1.54, 1.807) is 6.07 Å². The van der Waals surface area contributed by atoms with Crippen LogP contribution in [0.25, 0.3) is 22.6 Å². The molecule has 3 rings (SSSR count). The van der Waals surface area contributed by atoms with Gasteiger partial charge in [-0.15, -0.1) is 0 Å². The van der Waals surface area contributed by atoms with E-state index >= 15 is 0 Å². The Morgan fingerprint density at radius 3 is 2.38 bits per heavy atom. The molecule has 0 aliphatic rings. The van der Waals surface area contributed by atoms with E-state index in [0.717, 1.165) is 10.0 Å². The summed E-state index contributed by atoms with van der Waals surface area (Å²) in [5.74, 6) is 0.494. The van der Waals surface area contributed by atoms with Crippen LogP contribution in [-0.2, 0) is 6.61 Å². The number of rotatable bonds is 3. The number of nitrogens with zero attached hydrogens (tertiary/aromatic N) is 1. The molecule has 0 unspecified atom stereocenters. The molecule has 0 aliphatic heterocycles. The summed E-state index contributed by atoms with van der Waals surface area (Å²) in [6.45, 7) is -0.180. The van der Waals surface area contributed by atoms with E-state index in [0.29, 0.717) is 27.6 Å². The van der Waals surface area contributed by atoms with Crippen LogP contribution >= 0.6 is 27.5 Å². The summed E-state index contributed by atoms with van der Waals surface area (Å²) in [4.78, 5) is 0. The maximum atomic E-state index is 9.73. The minimum atomic E-state index is -0.180. The maximum Gasteiger partial charge on any atom is 0.174 e. The topological polar surface area (TPSA) is 46.3 Å². The molecule has 0 amide bonds. The fraction of sp³-hybridized carbons (Fsp3) is 0.0625. The van der Waals surface area contributed by atoms with Crippen LogP contribution in [-0.4, -0.2) is 10.3 Å². The Morgan fingerprint density at radius 2 is 1.71 bits per heavy atom. The molecule has 0 spiro atoms. The van der Waals surface area contributed by atoms with Gasteiger partial charge in [0.2, 0.25) is 0 Å². The lowest BCUT2D eigenvalue weighted by Gasteiger charge is -2.04. The van der Waals surface area contributed by atoms with Gasteiger partial charge in [-0.25, -0.2) is 0 Å². The van der Waals surface area contributed by atoms with E-state index in [2.05, 4.69) is 21.1 Å². The van der Waals surface area contributed by atoms with Gasteiger partial charge in [0.15, 0.2) is 5.76 Å². The summed E-state index contributed by atoms with van der Waals surface area (Å²) in [6.07, 6.45) is 0. The van der Waals surface area contributed by atoms with Crippen LogP contribution in [0.4, 0.5) is 0 Å². The second-order valence-corrected chi connectivity index (χ2v) is 5.72. The standard InChI is InChI=1S/C16H11BrClNO2/c17-13-7-3-1-5-10(13)15-12(9-20)16(21-19-15)11-6-2-4-8-14(11)18/h1-8,20H,9H2. The monoisotopic (exact) mass is 363 g/mol. The summed E-state index contributed by atoms with van der Waals surface area (Å²) in [5.41, 5.74) is 2.81. The first kappa shape index (κ1) is 14.3. The van der Waals surface area contributed by atoms with Crippen molar-refractivity contribution in [1.82, 2.24) is 5.16 Å². The van der Waals surface area contributed by atoms with Crippen molar-refractivity contribution < 1.29 is 9.63 Å². The van der Waals surface area contributed by atoms with E-state index in [1.165, 1.54) is 0 Å². The van der Waals surface area contributed by atoms with E-state index in [1.807, 2.05) is 42.5 Å². The lowest BCUT2D eigenvalue weighted by atomic mass is 10.0. The van der Waals surface area contributed by atoms with Gasteiger partial charge in [0.25, 0.3) is 0 Å². The summed E-state index contributed by atoms with van der Waals surface area (Å²) in [6, 6.07) is 15.0. The zero-order valence-corrected chi connectivity index (χ0v) is 13.2. The predicted octanol–water partition coefficient (Wildman–Crippen LogP) is 4.92. The van der Waals surface area contributed by atoms with Gasteiger partial charge in [-0.2, -0.15) is 0 Å². The Hall–Kier alpha value is -1.62. The fourth-order valence-corrected chi connectivity index (χ4v) is 2.87. The Balaban J connectivity index is 2.19. The minimum Gasteiger partial charge on any atom is -0.391 e. The molecule has 1 aromatic heterocycles. The predicted molar refractivity (Wildman–Crippen MR) is 86.0 cm³/mol. The lowest BCUT2D eigenvalue weighted by Crippen LogP contribution is -1.90. The van der Waals surface area contributed by atoms with E-state index < -0.39 is 0 Å². The SMILES string of the molecule is OCc1c(-c2ccccc2Br)noc1-c1ccccc1Cl. The van der Waals surface area contributed by atoms with Crippen LogP contribution in [0.1, 0.15) is 5.56 Å². The van der Waals surface area contributed by atoms with Gasteiger partial charge in [-0.05, 0) is 18.2 Å². The minimum absolute atomic E-state index is 0.180. The van der Waals surface area contributed by atoms with Crippen molar-refractivity contribution in [3.63, 3.8) is 0 Å². The molecule has 3 nitrogen and oxygen atoms in total. The van der Waals surface area contributed by atoms with Crippen LogP contribution < -0.4 is 0 Å². The second kappa shape index (κ2) is 6.02. The molecular formula is C16H11BrClNO2. The highest BCUT2D eigenvalue weighted by Gasteiger charge is 2.20. The molecule has 0 saturated heterocycles. The molecule has 3 aromatic rings. The molecule has 0 bridgehead atoms. The average Bonchev–Trinajstić information content (AvgIpc) is 2.91. The van der Waals surface area contributed by atoms with Gasteiger partial charge in [-0.1, -0.05) is 63.0 Å². The molecule has 5 heteroatoms. The number of aliphatic hydroxyl groups is 1. The highest BCUT2D eigenvalue weighted by molar-refractivity contribution is 9.10. The summed E-state index contributed by atoms with van der Waals surface area (Å²) < 4.78 is 6.34. The van der Waals surface area contributed by atoms with Crippen molar-refractivity contribution in [1.29, 1.82) is 0 Å². The number of halogens is 2. The number of aliphatic hydroxyl groups excluding tert-OH is 1. The summed E-state index contributed by atoms with van der Waals surface area (Å²) >= 11 is 9.68. The number of aromatic nitrogens is 1. The number of benzene rings is 2. The van der Waals surface area contributed by atoms with Crippen molar-refractivity contribution in [2.45, 2.75) is 6.61 Å². The van der Waals surface area contributed by atoms with Gasteiger partial charge in [0, 0.05) is 15.6 Å². The van der Waals surface area contributed by atoms with Crippen LogP contribution in [0.15, 0.2) is 57.5 Å². The van der Waals surface area contributed by atoms with Crippen molar-refractivity contribution in [3.05, 3.63) is 63.6 Å². The first-order valence-electron chi connectivity index (χ1n) is 6.31. The summed E-state index contributed by atoms with van der Waals surface area (Å²) in [5, 5.41) is 14.4. The molecule has 106 valence electrons. The van der Waals surface area contributed by atoms with Crippen LogP contribution in [0.3, 0.4) is 0 Å². The normalized spacial score (nSPS) is 10.8. The lowest BCUT2D eigenvalue weighted by molar-refractivity contribution is 0.281. The molecule has 0 atom stereocenters. The van der Waals surface area contributed by atoms with Gasteiger partial charge >= 0.3 is 0 Å². The van der Waals surface area contributed by atoms with Crippen molar-refractivity contribution >= 4 is 27.5 Å². The number of hydrogen-bond donors (Lipinski definition) is 1. The number of hydrogen-bond acceptors (Lipinski definition) is 3. The van der Waals surface area contributed by atoms with Crippen LogP contribution in [0.5, 0.6) is 0 Å². The highest BCUT2D eigenvalue weighted by atomic mass is 79.9. The van der Waals surface area contributed by atoms with Gasteiger partial charge in [0.1, 0.15) is 5.69 Å². The third-order valence-electron chi connectivity index (χ3n) is 3.19. The Kier molecular flexibility index (Phi) is 4.10. The maximum absolute atomic E-state index is 9.73. The second-order valence-electron chi connectivity index (χ2n) is 4.46. The van der Waals surface area contributed by atoms with Crippen molar-refractivity contribution in [2.75, 3.05) is 0 Å². The van der Waals surface area contributed by atoms with Crippen LogP contribution in [0.2, 0.25) is 5.02 Å². The molecule has 21 heavy (non-hydrogen) atoms. The third kappa shape index (κ3) is 2.62. The molecule has 0 saturated carbocycles. The zero-order valence-electron chi connectivity index (χ0n) is 10.9. The first-order chi connectivity index (χ1) is 10.2. The van der Waals surface area contributed by atoms with Crippen molar-refractivity contribution in [3.8, 4) is 22.6 Å². The average molecular weight is 365 g/mol. The Labute approximate surface area is 135 Å². The highest BCUT2D eigenvalue weighted by Crippen LogP contribution is 2.37. The zero-order chi connectivity index (χ0) is 14.8. The molecule has 0 fully saturated rings. The molecule has 2 aromatic carbocycles. The smallest absolute Gasteiger partial charge is 0.174 e. The van der Waals surface area contributed by atoms with E-state index in [-0.39, 0.29) is 6.61 Å².